The molecule has 7 heteroatoms. The van der Waals surface area contributed by atoms with Crippen molar-refractivity contribution in [3.05, 3.63) is 29.6 Å². The van der Waals surface area contributed by atoms with Crippen LogP contribution in [0.15, 0.2) is 23.1 Å². The first kappa shape index (κ1) is 18.0. The maximum Gasteiger partial charge on any atom is 0.240 e. The fraction of sp³-hybridized carbons (Fsp3) is 0.571. The van der Waals surface area contributed by atoms with Crippen molar-refractivity contribution in [1.82, 2.24) is 9.62 Å². The van der Waals surface area contributed by atoms with Gasteiger partial charge in [0.25, 0.3) is 0 Å². The summed E-state index contributed by atoms with van der Waals surface area (Å²) in [4.78, 5) is 2.13. The van der Waals surface area contributed by atoms with Gasteiger partial charge in [0, 0.05) is 18.7 Å². The van der Waals surface area contributed by atoms with Gasteiger partial charge in [0.1, 0.15) is 5.82 Å². The fourth-order valence-corrected chi connectivity index (χ4v) is 3.45. The molecule has 120 valence electrons. The second-order valence-corrected chi connectivity index (χ2v) is 6.43. The first-order chi connectivity index (χ1) is 9.96. The van der Waals surface area contributed by atoms with E-state index in [9.17, 15) is 12.8 Å². The molecule has 0 aliphatic heterocycles. The highest BCUT2D eigenvalue weighted by Gasteiger charge is 2.19. The zero-order chi connectivity index (χ0) is 15.9. The first-order valence-electron chi connectivity index (χ1n) is 7.15. The fourth-order valence-electron chi connectivity index (χ4n) is 2.12. The number of sulfonamides is 1. The molecule has 0 spiro atoms. The predicted octanol–water partition coefficient (Wildman–Crippen LogP) is 1.29. The van der Waals surface area contributed by atoms with E-state index in [1.807, 2.05) is 0 Å². The molecule has 0 radical (unpaired) electrons. The molecule has 0 aliphatic rings. The lowest BCUT2D eigenvalue weighted by Gasteiger charge is -2.18. The topological polar surface area (TPSA) is 75.4 Å². The van der Waals surface area contributed by atoms with Crippen molar-refractivity contribution in [2.45, 2.75) is 31.7 Å². The van der Waals surface area contributed by atoms with Gasteiger partial charge in [-0.15, -0.1) is 0 Å². The summed E-state index contributed by atoms with van der Waals surface area (Å²) in [5, 5.41) is 0. The van der Waals surface area contributed by atoms with Gasteiger partial charge in [-0.1, -0.05) is 19.9 Å². The Bertz CT molecular complexity index is 545. The first-order valence-corrected chi connectivity index (χ1v) is 8.64. The van der Waals surface area contributed by atoms with E-state index >= 15 is 0 Å². The Hall–Kier alpha value is -1.02. The molecule has 0 heterocycles. The van der Waals surface area contributed by atoms with Gasteiger partial charge in [0.15, 0.2) is 0 Å². The lowest BCUT2D eigenvalue weighted by atomic mass is 10.2. The average molecular weight is 317 g/mol. The Morgan fingerprint density at radius 1 is 1.29 bits per heavy atom. The van der Waals surface area contributed by atoms with Gasteiger partial charge in [-0.3, -0.25) is 0 Å². The maximum absolute atomic E-state index is 13.6. The van der Waals surface area contributed by atoms with Crippen LogP contribution in [0.1, 0.15) is 25.8 Å². The van der Waals surface area contributed by atoms with Crippen LogP contribution in [-0.2, 0) is 16.6 Å². The highest BCUT2D eigenvalue weighted by molar-refractivity contribution is 7.89. The molecule has 1 rings (SSSR count). The molecule has 0 saturated heterocycles. The van der Waals surface area contributed by atoms with E-state index in [1.54, 1.807) is 0 Å². The van der Waals surface area contributed by atoms with Crippen molar-refractivity contribution in [3.8, 4) is 0 Å². The van der Waals surface area contributed by atoms with Gasteiger partial charge in [0.05, 0.1) is 4.90 Å². The van der Waals surface area contributed by atoms with E-state index in [4.69, 9.17) is 5.73 Å². The van der Waals surface area contributed by atoms with Gasteiger partial charge in [0.2, 0.25) is 10.0 Å². The summed E-state index contributed by atoms with van der Waals surface area (Å²) in [5.41, 5.74) is 5.46. The van der Waals surface area contributed by atoms with Crippen LogP contribution in [0.3, 0.4) is 0 Å². The molecule has 1 aromatic carbocycles. The molecule has 0 saturated carbocycles. The van der Waals surface area contributed by atoms with Crippen molar-refractivity contribution >= 4 is 10.0 Å². The van der Waals surface area contributed by atoms with Crippen molar-refractivity contribution in [1.29, 1.82) is 0 Å². The summed E-state index contributed by atoms with van der Waals surface area (Å²) < 4.78 is 40.5. The molecule has 1 aromatic rings. The van der Waals surface area contributed by atoms with Crippen LogP contribution in [-0.4, -0.2) is 39.5 Å². The number of hydrogen-bond acceptors (Lipinski definition) is 4. The summed E-state index contributed by atoms with van der Waals surface area (Å²) in [6.07, 6.45) is 0.703. The Morgan fingerprint density at radius 3 is 2.52 bits per heavy atom. The minimum atomic E-state index is -3.73. The van der Waals surface area contributed by atoms with Gasteiger partial charge < -0.3 is 10.6 Å². The van der Waals surface area contributed by atoms with Crippen LogP contribution >= 0.6 is 0 Å². The third kappa shape index (κ3) is 5.03. The number of nitrogens with two attached hydrogens (primary N) is 1. The quantitative estimate of drug-likeness (QED) is 0.673. The molecule has 0 aromatic heterocycles. The van der Waals surface area contributed by atoms with Crippen molar-refractivity contribution < 1.29 is 12.8 Å². The Morgan fingerprint density at radius 2 is 1.95 bits per heavy atom. The van der Waals surface area contributed by atoms with E-state index in [1.165, 1.54) is 18.2 Å². The molecule has 3 N–H and O–H groups in total. The molecule has 0 atom stereocenters. The van der Waals surface area contributed by atoms with Crippen LogP contribution in [0.4, 0.5) is 4.39 Å². The molecule has 5 nitrogen and oxygen atoms in total. The van der Waals surface area contributed by atoms with Crippen LogP contribution in [0, 0.1) is 5.82 Å². The number of halogens is 1. The van der Waals surface area contributed by atoms with Crippen LogP contribution in [0.25, 0.3) is 0 Å². The average Bonchev–Trinajstić information content (AvgIpc) is 2.47. The minimum Gasteiger partial charge on any atom is -0.326 e. The van der Waals surface area contributed by atoms with Gasteiger partial charge in [-0.25, -0.2) is 17.5 Å². The highest BCUT2D eigenvalue weighted by atomic mass is 32.2. The second-order valence-electron chi connectivity index (χ2n) is 4.70. The zero-order valence-electron chi connectivity index (χ0n) is 12.6. The third-order valence-electron chi connectivity index (χ3n) is 3.41. The molecule has 0 amide bonds. The van der Waals surface area contributed by atoms with E-state index in [0.717, 1.165) is 19.6 Å². The van der Waals surface area contributed by atoms with Crippen molar-refractivity contribution in [2.75, 3.05) is 26.2 Å². The number of hydrogen-bond donors (Lipinski definition) is 2. The Kier molecular flexibility index (Phi) is 7.24. The van der Waals surface area contributed by atoms with Crippen LogP contribution < -0.4 is 10.5 Å². The normalized spacial score (nSPS) is 12.0. The largest absolute Gasteiger partial charge is 0.326 e. The smallest absolute Gasteiger partial charge is 0.240 e. The minimum absolute atomic E-state index is 0.0220. The van der Waals surface area contributed by atoms with Crippen molar-refractivity contribution in [3.63, 3.8) is 0 Å². The van der Waals surface area contributed by atoms with Gasteiger partial charge >= 0.3 is 0 Å². The van der Waals surface area contributed by atoms with E-state index < -0.39 is 15.8 Å². The zero-order valence-corrected chi connectivity index (χ0v) is 13.4. The molecule has 0 fully saturated rings. The van der Waals surface area contributed by atoms with Crippen LogP contribution in [0.2, 0.25) is 0 Å². The number of rotatable bonds is 9. The lowest BCUT2D eigenvalue weighted by Crippen LogP contribution is -2.30. The highest BCUT2D eigenvalue weighted by Crippen LogP contribution is 2.18. The maximum atomic E-state index is 13.6. The monoisotopic (exact) mass is 317 g/mol. The summed E-state index contributed by atoms with van der Waals surface area (Å²) >= 11 is 0. The van der Waals surface area contributed by atoms with E-state index in [0.29, 0.717) is 13.0 Å². The summed E-state index contributed by atoms with van der Waals surface area (Å²) in [6.45, 7) is 6.99. The molecular weight excluding hydrogens is 293 g/mol. The van der Waals surface area contributed by atoms with E-state index in [-0.39, 0.29) is 17.0 Å². The summed E-state index contributed by atoms with van der Waals surface area (Å²) in [6, 6.07) is 3.96. The van der Waals surface area contributed by atoms with Gasteiger partial charge in [-0.2, -0.15) is 0 Å². The van der Waals surface area contributed by atoms with Crippen molar-refractivity contribution in [2.24, 2.45) is 5.73 Å². The predicted molar refractivity (Wildman–Crippen MR) is 81.9 cm³/mol. The second kappa shape index (κ2) is 8.43. The molecule has 0 aliphatic carbocycles. The number of nitrogens with zero attached hydrogens (tertiary/aromatic N) is 1. The summed E-state index contributed by atoms with van der Waals surface area (Å²) in [5.74, 6) is -0.594. The number of nitrogens with one attached hydrogen (secondary N) is 1. The van der Waals surface area contributed by atoms with Gasteiger partial charge in [-0.05, 0) is 38.2 Å². The Labute approximate surface area is 126 Å². The summed E-state index contributed by atoms with van der Waals surface area (Å²) in [7, 11) is -3.73. The van der Waals surface area contributed by atoms with E-state index in [2.05, 4.69) is 23.5 Å². The lowest BCUT2D eigenvalue weighted by molar-refractivity contribution is 0.300. The standard InChI is InChI=1S/C14H24FN3O2S/c1-3-18(4-2)10-6-9-17-21(19,20)14-8-5-7-13(15)12(14)11-16/h5,7-8,17H,3-4,6,9-11,16H2,1-2H3. The Balaban J connectivity index is 2.68. The molecular formula is C14H24FN3O2S. The number of benzene rings is 1. The van der Waals surface area contributed by atoms with Crippen LogP contribution in [0.5, 0.6) is 0 Å². The molecule has 0 bridgehead atoms. The molecule has 21 heavy (non-hydrogen) atoms. The molecule has 0 unspecified atom stereocenters. The SMILES string of the molecule is CCN(CC)CCCNS(=O)(=O)c1cccc(F)c1CN. The third-order valence-corrected chi connectivity index (χ3v) is 4.95.